The van der Waals surface area contributed by atoms with E-state index in [1.807, 2.05) is 32.6 Å². The fourth-order valence-corrected chi connectivity index (χ4v) is 2.75. The number of likely N-dealkylation sites (N-methyl/N-ethyl adjacent to an activating group) is 1. The highest BCUT2D eigenvalue weighted by atomic mass is 35.5. The summed E-state index contributed by atoms with van der Waals surface area (Å²) in [4.78, 5) is 30.7. The van der Waals surface area contributed by atoms with Crippen LogP contribution in [0.3, 0.4) is 0 Å². The highest BCUT2D eigenvalue weighted by Gasteiger charge is 2.00. The molecule has 0 spiro atoms. The van der Waals surface area contributed by atoms with Gasteiger partial charge in [0.25, 0.3) is 5.91 Å². The molecule has 0 aliphatic rings. The van der Waals surface area contributed by atoms with Gasteiger partial charge in [-0.2, -0.15) is 0 Å². The molecule has 2 aromatic rings. The molecule has 7 heteroatoms. The van der Waals surface area contributed by atoms with Crippen LogP contribution in [0.15, 0.2) is 53.2 Å². The van der Waals surface area contributed by atoms with Crippen molar-refractivity contribution in [3.05, 3.63) is 80.5 Å². The van der Waals surface area contributed by atoms with Gasteiger partial charge in [-0.15, -0.1) is 0 Å². The molecular formula is C25H34Cl2N2O3. The maximum Gasteiger partial charge on any atom is 0.269 e. The Labute approximate surface area is 202 Å². The zero-order valence-electron chi connectivity index (χ0n) is 20.0. The van der Waals surface area contributed by atoms with Crippen molar-refractivity contribution in [2.24, 2.45) is 4.99 Å². The third kappa shape index (κ3) is 17.0. The van der Waals surface area contributed by atoms with Gasteiger partial charge in [-0.25, -0.2) is 0 Å². The molecule has 0 aliphatic carbocycles. The van der Waals surface area contributed by atoms with Gasteiger partial charge in [-0.1, -0.05) is 53.0 Å². The minimum atomic E-state index is -0.152. The molecule has 0 fully saturated rings. The number of hydrogen-bond acceptors (Lipinski definition) is 4. The molecule has 2 rings (SSSR count). The Kier molecular flexibility index (Phi) is 22.7. The molecule has 32 heavy (non-hydrogen) atoms. The number of nitrogens with zero attached hydrogens (tertiary/aromatic N) is 1. The van der Waals surface area contributed by atoms with E-state index in [0.717, 1.165) is 5.56 Å². The van der Waals surface area contributed by atoms with Gasteiger partial charge in [0.15, 0.2) is 0 Å². The summed E-state index contributed by atoms with van der Waals surface area (Å²) in [5.41, 5.74) is 5.64. The smallest absolute Gasteiger partial charge is 0.269 e. The molecule has 0 unspecified atom stereocenters. The van der Waals surface area contributed by atoms with Gasteiger partial charge in [0.2, 0.25) is 0 Å². The number of carbonyl (C=O) groups is 3. The molecule has 0 radical (unpaired) electrons. The number of carbonyl (C=O) groups excluding carboxylic acids is 3. The van der Waals surface area contributed by atoms with E-state index in [-0.39, 0.29) is 5.91 Å². The number of benzene rings is 2. The summed E-state index contributed by atoms with van der Waals surface area (Å²) in [6, 6.07) is 12.0. The number of allylic oxidation sites excluding steroid dienone is 1. The normalized spacial score (nSPS) is 9.47. The largest absolute Gasteiger partial charge is 0.354 e. The third-order valence-electron chi connectivity index (χ3n) is 3.67. The van der Waals surface area contributed by atoms with E-state index in [2.05, 4.69) is 49.3 Å². The van der Waals surface area contributed by atoms with E-state index in [1.165, 1.54) is 16.7 Å². The second-order valence-electron chi connectivity index (χ2n) is 6.17. The topological polar surface area (TPSA) is 75.6 Å². The highest BCUT2D eigenvalue weighted by Crippen LogP contribution is 2.17. The maximum atomic E-state index is 10.8. The highest BCUT2D eigenvalue weighted by molar-refractivity contribution is 6.34. The van der Waals surface area contributed by atoms with Crippen LogP contribution in [0.4, 0.5) is 0 Å². The molecule has 5 nitrogen and oxygen atoms in total. The van der Waals surface area contributed by atoms with Crippen LogP contribution in [0.1, 0.15) is 36.1 Å². The Morgan fingerprint density at radius 1 is 0.844 bits per heavy atom. The molecule has 0 aromatic heterocycles. The lowest BCUT2D eigenvalue weighted by atomic mass is 10.1. The molecule has 176 valence electrons. The van der Waals surface area contributed by atoms with Gasteiger partial charge < -0.3 is 14.9 Å². The number of nitrogens with one attached hydrogen (secondary N) is 1. The second kappa shape index (κ2) is 21.5. The Hall–Kier alpha value is -2.76. The van der Waals surface area contributed by atoms with Crippen molar-refractivity contribution in [2.45, 2.75) is 41.5 Å². The molecule has 2 aromatic carbocycles. The molecule has 0 atom stereocenters. The number of aryl methyl sites for hydroxylation is 4. The van der Waals surface area contributed by atoms with Crippen molar-refractivity contribution < 1.29 is 14.4 Å². The summed E-state index contributed by atoms with van der Waals surface area (Å²) in [6.07, 6.45) is 3.25. The third-order valence-corrected chi connectivity index (χ3v) is 4.11. The molecule has 1 N–H and O–H groups in total. The predicted octanol–water partition coefficient (Wildman–Crippen LogP) is 6.27. The molecule has 0 saturated carbocycles. The van der Waals surface area contributed by atoms with Gasteiger partial charge in [0.1, 0.15) is 19.3 Å². The van der Waals surface area contributed by atoms with Crippen molar-refractivity contribution in [2.75, 3.05) is 7.05 Å². The number of halogens is 2. The standard InChI is InChI=1S/C9H12.C7H6Cl2.C7H12N2O.2CH2O/c1-7-4-5-8(2)9(3)6-7;1-5-2-6(8)4-7(9)3-5;1-4-6(9-5-2)7(10)8-3;2*1-2/h4-6H,1-3H3;2-4H,1H3;4-5H,1-3H3,(H,8,10);2*1H2/b;;6-4-,9-5?;;. The molecule has 0 saturated heterocycles. The fraction of sp³-hybridized carbons (Fsp3) is 0.280. The molecule has 0 heterocycles. The summed E-state index contributed by atoms with van der Waals surface area (Å²) < 4.78 is 0. The Bertz CT molecular complexity index is 814. The first-order chi connectivity index (χ1) is 15.1. The van der Waals surface area contributed by atoms with E-state index in [1.54, 1.807) is 39.3 Å². The minimum absolute atomic E-state index is 0.152. The molecule has 0 bridgehead atoms. The van der Waals surface area contributed by atoms with E-state index >= 15 is 0 Å². The second-order valence-corrected chi connectivity index (χ2v) is 7.05. The minimum Gasteiger partial charge on any atom is -0.354 e. The Balaban J connectivity index is -0.000000365. The van der Waals surface area contributed by atoms with Gasteiger partial charge in [-0.05, 0) is 76.4 Å². The summed E-state index contributed by atoms with van der Waals surface area (Å²) in [5, 5.41) is 3.87. The molecule has 0 aliphatic heterocycles. The van der Waals surface area contributed by atoms with Crippen LogP contribution in [-0.4, -0.2) is 32.7 Å². The zero-order valence-corrected chi connectivity index (χ0v) is 21.5. The van der Waals surface area contributed by atoms with E-state index in [9.17, 15) is 4.79 Å². The van der Waals surface area contributed by atoms with Gasteiger partial charge in [0, 0.05) is 23.3 Å². The summed E-state index contributed by atoms with van der Waals surface area (Å²) in [6.45, 7) is 15.9. The van der Waals surface area contributed by atoms with Gasteiger partial charge in [0.05, 0.1) is 0 Å². The first-order valence-corrected chi connectivity index (χ1v) is 10.3. The summed E-state index contributed by atoms with van der Waals surface area (Å²) in [7, 11) is 1.58. The van der Waals surface area contributed by atoms with E-state index in [0.29, 0.717) is 15.7 Å². The lowest BCUT2D eigenvalue weighted by Gasteiger charge is -1.98. The zero-order chi connectivity index (χ0) is 25.7. The van der Waals surface area contributed by atoms with Crippen molar-refractivity contribution in [1.82, 2.24) is 5.32 Å². The molecular weight excluding hydrogens is 447 g/mol. The maximum absolute atomic E-state index is 10.8. The Morgan fingerprint density at radius 2 is 1.34 bits per heavy atom. The van der Waals surface area contributed by atoms with Crippen LogP contribution < -0.4 is 5.32 Å². The van der Waals surface area contributed by atoms with Crippen LogP contribution in [-0.2, 0) is 14.4 Å². The SMILES string of the molecule is C=O.C=O.CC=N/C(=C\C)C(=O)NC.Cc1cc(Cl)cc(Cl)c1.Cc1ccc(C)c(C)c1. The van der Waals surface area contributed by atoms with Crippen molar-refractivity contribution >= 4 is 48.9 Å². The lowest BCUT2D eigenvalue weighted by molar-refractivity contribution is -0.117. The molecule has 1 amide bonds. The number of hydrogen-bond donors (Lipinski definition) is 1. The van der Waals surface area contributed by atoms with Crippen molar-refractivity contribution in [3.63, 3.8) is 0 Å². The van der Waals surface area contributed by atoms with Gasteiger partial charge in [-0.3, -0.25) is 9.79 Å². The number of amides is 1. The van der Waals surface area contributed by atoms with E-state index in [4.69, 9.17) is 32.8 Å². The number of rotatable bonds is 2. The first kappa shape index (κ1) is 33.9. The van der Waals surface area contributed by atoms with Crippen LogP contribution in [0.25, 0.3) is 0 Å². The average Bonchev–Trinajstić information content (AvgIpc) is 2.77. The number of aliphatic imine (C=N–C) groups is 1. The first-order valence-electron chi connectivity index (χ1n) is 9.55. The average molecular weight is 481 g/mol. The van der Waals surface area contributed by atoms with Crippen molar-refractivity contribution in [3.8, 4) is 0 Å². The quantitative estimate of drug-likeness (QED) is 0.406. The summed E-state index contributed by atoms with van der Waals surface area (Å²) in [5.74, 6) is -0.152. The summed E-state index contributed by atoms with van der Waals surface area (Å²) >= 11 is 11.3. The fourth-order valence-electron chi connectivity index (χ4n) is 2.11. The monoisotopic (exact) mass is 480 g/mol. The van der Waals surface area contributed by atoms with Crippen LogP contribution in [0.2, 0.25) is 10.0 Å². The van der Waals surface area contributed by atoms with Crippen LogP contribution in [0.5, 0.6) is 0 Å². The van der Waals surface area contributed by atoms with Gasteiger partial charge >= 0.3 is 0 Å². The predicted molar refractivity (Wildman–Crippen MR) is 138 cm³/mol. The Morgan fingerprint density at radius 3 is 1.66 bits per heavy atom. The van der Waals surface area contributed by atoms with Crippen LogP contribution in [0, 0.1) is 27.7 Å². The van der Waals surface area contributed by atoms with Crippen molar-refractivity contribution in [1.29, 1.82) is 0 Å². The van der Waals surface area contributed by atoms with Crippen LogP contribution >= 0.6 is 23.2 Å². The lowest BCUT2D eigenvalue weighted by Crippen LogP contribution is -2.18. The van der Waals surface area contributed by atoms with E-state index < -0.39 is 0 Å².